The number of benzene rings is 1. The third kappa shape index (κ3) is 3.95. The summed E-state index contributed by atoms with van der Waals surface area (Å²) < 4.78 is 2.15. The van der Waals surface area contributed by atoms with Gasteiger partial charge in [-0.3, -0.25) is 0 Å². The highest BCUT2D eigenvalue weighted by atomic mass is 15.1. The Bertz CT molecular complexity index is 784. The Balaban J connectivity index is 1.58. The van der Waals surface area contributed by atoms with Gasteiger partial charge in [0.2, 0.25) is 0 Å². The molecule has 0 aliphatic rings. The molecule has 114 valence electrons. The smallest absolute Gasteiger partial charge is 0.140 e. The normalized spacial score (nSPS) is 10.2. The van der Waals surface area contributed by atoms with Crippen LogP contribution in [0.25, 0.3) is 0 Å². The van der Waals surface area contributed by atoms with E-state index >= 15 is 0 Å². The molecule has 2 aromatic heterocycles. The molecular formula is C18H17N5. The second-order valence-electron chi connectivity index (χ2n) is 5.17. The number of hydrogen-bond donors (Lipinski definition) is 1. The van der Waals surface area contributed by atoms with E-state index < -0.39 is 0 Å². The molecule has 0 unspecified atom stereocenters. The van der Waals surface area contributed by atoms with Crippen molar-refractivity contribution in [2.75, 3.05) is 5.32 Å². The van der Waals surface area contributed by atoms with Crippen LogP contribution in [0, 0.1) is 11.3 Å². The summed E-state index contributed by atoms with van der Waals surface area (Å²) in [5.41, 5.74) is 2.61. The molecule has 3 aromatic rings. The second kappa shape index (κ2) is 7.23. The van der Waals surface area contributed by atoms with E-state index in [9.17, 15) is 0 Å². The lowest BCUT2D eigenvalue weighted by atomic mass is 10.1. The molecule has 5 heteroatoms. The van der Waals surface area contributed by atoms with Crippen LogP contribution in [0.5, 0.6) is 0 Å². The van der Waals surface area contributed by atoms with E-state index in [1.54, 1.807) is 12.3 Å². The van der Waals surface area contributed by atoms with E-state index in [-0.39, 0.29) is 0 Å². The Labute approximate surface area is 135 Å². The molecule has 3 rings (SSSR count). The summed E-state index contributed by atoms with van der Waals surface area (Å²) in [6, 6.07) is 16.0. The molecule has 0 aliphatic heterocycles. The van der Waals surface area contributed by atoms with Gasteiger partial charge in [0.15, 0.2) is 0 Å². The highest BCUT2D eigenvalue weighted by molar-refractivity contribution is 5.42. The number of nitrogens with one attached hydrogen (secondary N) is 1. The standard InChI is InChI=1S/C18H17N5/c19-12-16-6-7-17(13-21-16)22-14-18-20-9-11-23(18)10-8-15-4-2-1-3-5-15/h1-7,9,11,13,22H,8,10,14H2. The van der Waals surface area contributed by atoms with Gasteiger partial charge in [-0.2, -0.15) is 5.26 Å². The average Bonchev–Trinajstić information content (AvgIpc) is 3.07. The van der Waals surface area contributed by atoms with E-state index in [1.165, 1.54) is 5.56 Å². The van der Waals surface area contributed by atoms with Crippen molar-refractivity contribution in [1.29, 1.82) is 5.26 Å². The minimum absolute atomic E-state index is 0.417. The maximum absolute atomic E-state index is 8.75. The van der Waals surface area contributed by atoms with Crippen LogP contribution in [-0.4, -0.2) is 14.5 Å². The summed E-state index contributed by atoms with van der Waals surface area (Å²) in [7, 11) is 0. The van der Waals surface area contributed by atoms with E-state index in [0.29, 0.717) is 12.2 Å². The van der Waals surface area contributed by atoms with Crippen LogP contribution in [-0.2, 0) is 19.5 Å². The highest BCUT2D eigenvalue weighted by Crippen LogP contribution is 2.09. The van der Waals surface area contributed by atoms with E-state index in [0.717, 1.165) is 24.5 Å². The van der Waals surface area contributed by atoms with Crippen LogP contribution in [0.4, 0.5) is 5.69 Å². The number of nitrogens with zero attached hydrogens (tertiary/aromatic N) is 4. The Morgan fingerprint density at radius 1 is 1.09 bits per heavy atom. The second-order valence-corrected chi connectivity index (χ2v) is 5.17. The molecule has 0 fully saturated rings. The first-order valence-electron chi connectivity index (χ1n) is 7.49. The summed E-state index contributed by atoms with van der Waals surface area (Å²) in [4.78, 5) is 8.45. The van der Waals surface area contributed by atoms with Gasteiger partial charge in [0.05, 0.1) is 18.4 Å². The van der Waals surface area contributed by atoms with E-state index in [4.69, 9.17) is 5.26 Å². The van der Waals surface area contributed by atoms with Crippen molar-refractivity contribution in [3.63, 3.8) is 0 Å². The van der Waals surface area contributed by atoms with E-state index in [2.05, 4.69) is 44.1 Å². The SMILES string of the molecule is N#Cc1ccc(NCc2nccn2CCc2ccccc2)cn1. The first-order valence-corrected chi connectivity index (χ1v) is 7.49. The van der Waals surface area contributed by atoms with Crippen molar-refractivity contribution in [2.45, 2.75) is 19.5 Å². The van der Waals surface area contributed by atoms with Crippen LogP contribution >= 0.6 is 0 Å². The fourth-order valence-electron chi connectivity index (χ4n) is 2.35. The molecule has 0 bridgehead atoms. The van der Waals surface area contributed by atoms with Crippen molar-refractivity contribution in [3.8, 4) is 6.07 Å². The minimum atomic E-state index is 0.417. The van der Waals surface area contributed by atoms with Gasteiger partial charge in [-0.15, -0.1) is 0 Å². The molecule has 23 heavy (non-hydrogen) atoms. The zero-order valence-electron chi connectivity index (χ0n) is 12.7. The fourth-order valence-corrected chi connectivity index (χ4v) is 2.35. The predicted molar refractivity (Wildman–Crippen MR) is 88.7 cm³/mol. The monoisotopic (exact) mass is 303 g/mol. The highest BCUT2D eigenvalue weighted by Gasteiger charge is 2.03. The predicted octanol–water partition coefficient (Wildman–Crippen LogP) is 3.00. The van der Waals surface area contributed by atoms with Crippen molar-refractivity contribution in [1.82, 2.24) is 14.5 Å². The maximum atomic E-state index is 8.75. The Hall–Kier alpha value is -3.13. The molecule has 1 N–H and O–H groups in total. The summed E-state index contributed by atoms with van der Waals surface area (Å²) in [6.45, 7) is 1.52. The molecule has 0 saturated heterocycles. The third-order valence-corrected chi connectivity index (χ3v) is 3.61. The van der Waals surface area contributed by atoms with Crippen molar-refractivity contribution >= 4 is 5.69 Å². The molecular weight excluding hydrogens is 286 g/mol. The number of aryl methyl sites for hydroxylation is 2. The number of anilines is 1. The molecule has 0 saturated carbocycles. The molecule has 2 heterocycles. The first-order chi connectivity index (χ1) is 11.3. The number of pyridine rings is 1. The summed E-state index contributed by atoms with van der Waals surface area (Å²) in [6.07, 6.45) is 6.45. The molecule has 0 spiro atoms. The lowest BCUT2D eigenvalue weighted by Gasteiger charge is -2.10. The van der Waals surface area contributed by atoms with Crippen LogP contribution in [0.15, 0.2) is 61.1 Å². The molecule has 5 nitrogen and oxygen atoms in total. The number of nitriles is 1. The van der Waals surface area contributed by atoms with Gasteiger partial charge in [-0.1, -0.05) is 30.3 Å². The summed E-state index contributed by atoms with van der Waals surface area (Å²) >= 11 is 0. The minimum Gasteiger partial charge on any atom is -0.377 e. The number of aromatic nitrogens is 3. The number of imidazole rings is 1. The molecule has 0 aliphatic carbocycles. The third-order valence-electron chi connectivity index (χ3n) is 3.61. The lowest BCUT2D eigenvalue weighted by molar-refractivity contribution is 0.658. The first kappa shape index (κ1) is 14.8. The Morgan fingerprint density at radius 3 is 2.70 bits per heavy atom. The molecule has 0 amide bonds. The quantitative estimate of drug-likeness (QED) is 0.760. The largest absolute Gasteiger partial charge is 0.377 e. The van der Waals surface area contributed by atoms with Gasteiger partial charge in [0.1, 0.15) is 17.6 Å². The Morgan fingerprint density at radius 2 is 1.96 bits per heavy atom. The van der Waals surface area contributed by atoms with Gasteiger partial charge < -0.3 is 9.88 Å². The number of hydrogen-bond acceptors (Lipinski definition) is 4. The topological polar surface area (TPSA) is 66.5 Å². The zero-order chi connectivity index (χ0) is 15.9. The van der Waals surface area contributed by atoms with Gasteiger partial charge in [0, 0.05) is 18.9 Å². The van der Waals surface area contributed by atoms with Gasteiger partial charge >= 0.3 is 0 Å². The van der Waals surface area contributed by atoms with Crippen molar-refractivity contribution in [2.24, 2.45) is 0 Å². The van der Waals surface area contributed by atoms with E-state index in [1.807, 2.05) is 30.6 Å². The Kier molecular flexibility index (Phi) is 4.65. The van der Waals surface area contributed by atoms with Crippen LogP contribution < -0.4 is 5.32 Å². The summed E-state index contributed by atoms with van der Waals surface area (Å²) in [5, 5.41) is 12.0. The average molecular weight is 303 g/mol. The van der Waals surface area contributed by atoms with Gasteiger partial charge in [-0.25, -0.2) is 9.97 Å². The van der Waals surface area contributed by atoms with Crippen LogP contribution in [0.1, 0.15) is 17.1 Å². The summed E-state index contributed by atoms with van der Waals surface area (Å²) in [5.74, 6) is 0.977. The van der Waals surface area contributed by atoms with Crippen LogP contribution in [0.2, 0.25) is 0 Å². The van der Waals surface area contributed by atoms with Gasteiger partial charge in [0.25, 0.3) is 0 Å². The number of rotatable bonds is 6. The maximum Gasteiger partial charge on any atom is 0.140 e. The van der Waals surface area contributed by atoms with Crippen molar-refractivity contribution < 1.29 is 0 Å². The molecule has 1 aromatic carbocycles. The molecule has 0 atom stereocenters. The van der Waals surface area contributed by atoms with Gasteiger partial charge in [-0.05, 0) is 24.1 Å². The zero-order valence-corrected chi connectivity index (χ0v) is 12.7. The lowest BCUT2D eigenvalue weighted by Crippen LogP contribution is -2.10. The van der Waals surface area contributed by atoms with Crippen molar-refractivity contribution in [3.05, 3.63) is 78.1 Å². The fraction of sp³-hybridized carbons (Fsp3) is 0.167. The molecule has 0 radical (unpaired) electrons. The van der Waals surface area contributed by atoms with Crippen LogP contribution in [0.3, 0.4) is 0 Å².